The van der Waals surface area contributed by atoms with Crippen molar-refractivity contribution in [2.24, 2.45) is 0 Å². The van der Waals surface area contributed by atoms with Crippen LogP contribution in [0, 0.1) is 20.8 Å². The lowest BCUT2D eigenvalue weighted by atomic mass is 10.1. The molecule has 0 saturated carbocycles. The van der Waals surface area contributed by atoms with E-state index in [1.165, 1.54) is 11.3 Å². The van der Waals surface area contributed by atoms with Crippen molar-refractivity contribution in [2.75, 3.05) is 0 Å². The molecule has 7 nitrogen and oxygen atoms in total. The van der Waals surface area contributed by atoms with Crippen LogP contribution >= 0.6 is 11.3 Å². The van der Waals surface area contributed by atoms with Gasteiger partial charge in [0.15, 0.2) is 4.96 Å². The van der Waals surface area contributed by atoms with Crippen LogP contribution in [0.3, 0.4) is 0 Å². The fourth-order valence-corrected chi connectivity index (χ4v) is 4.66. The Morgan fingerprint density at radius 2 is 2.00 bits per heavy atom. The lowest BCUT2D eigenvalue weighted by molar-refractivity contribution is -0.121. The van der Waals surface area contributed by atoms with E-state index in [0.717, 1.165) is 23.4 Å². The van der Waals surface area contributed by atoms with Gasteiger partial charge in [0.1, 0.15) is 5.69 Å². The van der Waals surface area contributed by atoms with E-state index in [4.69, 9.17) is 5.10 Å². The molecule has 0 bridgehead atoms. The molecule has 32 heavy (non-hydrogen) atoms. The molecule has 0 saturated heterocycles. The summed E-state index contributed by atoms with van der Waals surface area (Å²) in [5, 5.41) is 9.52. The second kappa shape index (κ2) is 8.70. The smallest absolute Gasteiger partial charge is 0.268 e. The van der Waals surface area contributed by atoms with Crippen molar-refractivity contribution >= 4 is 22.2 Å². The van der Waals surface area contributed by atoms with Gasteiger partial charge < -0.3 is 5.32 Å². The van der Waals surface area contributed by atoms with Crippen LogP contribution in [-0.2, 0) is 11.2 Å². The highest BCUT2D eigenvalue weighted by atomic mass is 32.1. The molecule has 0 radical (unpaired) electrons. The quantitative estimate of drug-likeness (QED) is 0.483. The predicted molar refractivity (Wildman–Crippen MR) is 128 cm³/mol. The van der Waals surface area contributed by atoms with Crippen molar-refractivity contribution in [1.82, 2.24) is 24.5 Å². The summed E-state index contributed by atoms with van der Waals surface area (Å²) in [7, 11) is 0. The average Bonchev–Trinajstić information content (AvgIpc) is 3.31. The summed E-state index contributed by atoms with van der Waals surface area (Å²) in [6.07, 6.45) is 0.981. The van der Waals surface area contributed by atoms with Crippen LogP contribution in [0.2, 0.25) is 0 Å². The van der Waals surface area contributed by atoms with Crippen molar-refractivity contribution in [3.05, 3.63) is 68.7 Å². The number of rotatable bonds is 6. The Morgan fingerprint density at radius 3 is 2.72 bits per heavy atom. The zero-order chi connectivity index (χ0) is 23.0. The standard InChI is InChI=1S/C24H27N5O2S/c1-6-15(3)25-21(30)12-19-13-32-24-26-17(5)22(23(31)28(19)24)20-11-16(4)29(27-20)18-9-7-8-14(2)10-18/h7-11,13,15H,6,12H2,1-5H3,(H,25,30). The van der Waals surface area contributed by atoms with E-state index in [0.29, 0.717) is 27.6 Å². The molecule has 1 unspecified atom stereocenters. The third-order valence-electron chi connectivity index (χ3n) is 5.57. The molecule has 1 amide bonds. The van der Waals surface area contributed by atoms with Crippen LogP contribution < -0.4 is 10.9 Å². The molecule has 3 heterocycles. The average molecular weight is 450 g/mol. The van der Waals surface area contributed by atoms with Gasteiger partial charge in [-0.05, 0) is 57.9 Å². The van der Waals surface area contributed by atoms with Gasteiger partial charge in [-0.3, -0.25) is 14.0 Å². The van der Waals surface area contributed by atoms with Crippen molar-refractivity contribution in [2.45, 2.75) is 53.5 Å². The highest BCUT2D eigenvalue weighted by molar-refractivity contribution is 7.15. The minimum atomic E-state index is -0.200. The number of hydrogen-bond donors (Lipinski definition) is 1. The van der Waals surface area contributed by atoms with Crippen LogP contribution in [0.25, 0.3) is 21.9 Å². The van der Waals surface area contributed by atoms with Gasteiger partial charge in [-0.25, -0.2) is 9.67 Å². The second-order valence-corrected chi connectivity index (χ2v) is 9.03. The van der Waals surface area contributed by atoms with Gasteiger partial charge in [-0.2, -0.15) is 5.10 Å². The third kappa shape index (κ3) is 4.10. The number of carbonyl (C=O) groups excluding carboxylic acids is 1. The first-order chi connectivity index (χ1) is 15.3. The minimum Gasteiger partial charge on any atom is -0.353 e. The Labute approximate surface area is 190 Å². The summed E-state index contributed by atoms with van der Waals surface area (Å²) < 4.78 is 3.38. The molecule has 0 aliphatic carbocycles. The number of aryl methyl sites for hydroxylation is 3. The number of nitrogens with zero attached hydrogens (tertiary/aromatic N) is 4. The first-order valence-corrected chi connectivity index (χ1v) is 11.6. The molecular weight excluding hydrogens is 422 g/mol. The monoisotopic (exact) mass is 449 g/mol. The van der Waals surface area contributed by atoms with Crippen LogP contribution in [0.15, 0.2) is 40.5 Å². The maximum atomic E-state index is 13.6. The molecule has 4 rings (SSSR count). The van der Waals surface area contributed by atoms with E-state index < -0.39 is 0 Å². The van der Waals surface area contributed by atoms with E-state index in [9.17, 15) is 9.59 Å². The first kappa shape index (κ1) is 22.0. The molecule has 3 aromatic heterocycles. The van der Waals surface area contributed by atoms with Crippen molar-refractivity contribution in [3.8, 4) is 16.9 Å². The Hall–Kier alpha value is -3.26. The lowest BCUT2D eigenvalue weighted by Gasteiger charge is -2.11. The predicted octanol–water partition coefficient (Wildman–Crippen LogP) is 3.99. The number of aromatic nitrogens is 4. The second-order valence-electron chi connectivity index (χ2n) is 8.20. The maximum absolute atomic E-state index is 13.6. The normalized spacial score (nSPS) is 12.3. The molecule has 4 aromatic rings. The Bertz CT molecular complexity index is 1360. The van der Waals surface area contributed by atoms with Crippen molar-refractivity contribution in [1.29, 1.82) is 0 Å². The number of nitrogens with one attached hydrogen (secondary N) is 1. The fraction of sp³-hybridized carbons (Fsp3) is 0.333. The first-order valence-electron chi connectivity index (χ1n) is 10.7. The topological polar surface area (TPSA) is 81.3 Å². The van der Waals surface area contributed by atoms with Crippen LogP contribution in [0.4, 0.5) is 0 Å². The van der Waals surface area contributed by atoms with E-state index in [1.807, 2.05) is 68.9 Å². The van der Waals surface area contributed by atoms with Gasteiger partial charge in [0, 0.05) is 22.8 Å². The Kier molecular flexibility index (Phi) is 5.97. The summed E-state index contributed by atoms with van der Waals surface area (Å²) in [4.78, 5) is 31.2. The fourth-order valence-electron chi connectivity index (χ4n) is 3.73. The molecule has 1 aromatic carbocycles. The summed E-state index contributed by atoms with van der Waals surface area (Å²) >= 11 is 1.37. The zero-order valence-electron chi connectivity index (χ0n) is 19.0. The van der Waals surface area contributed by atoms with Crippen LogP contribution in [0.1, 0.15) is 42.9 Å². The highest BCUT2D eigenvalue weighted by Crippen LogP contribution is 2.23. The Balaban J connectivity index is 1.78. The summed E-state index contributed by atoms with van der Waals surface area (Å²) in [6.45, 7) is 9.81. The van der Waals surface area contributed by atoms with Gasteiger partial charge in [0.05, 0.1) is 23.4 Å². The minimum absolute atomic E-state index is 0.0913. The van der Waals surface area contributed by atoms with Crippen molar-refractivity contribution in [3.63, 3.8) is 0 Å². The molecule has 8 heteroatoms. The van der Waals surface area contributed by atoms with Crippen LogP contribution in [-0.4, -0.2) is 31.1 Å². The SMILES string of the molecule is CCC(C)NC(=O)Cc1csc2nc(C)c(-c3cc(C)n(-c4cccc(C)c4)n3)c(=O)n12. The molecule has 1 atom stereocenters. The highest BCUT2D eigenvalue weighted by Gasteiger charge is 2.20. The van der Waals surface area contributed by atoms with Gasteiger partial charge in [-0.15, -0.1) is 11.3 Å². The number of fused-ring (bicyclic) bond motifs is 1. The number of amides is 1. The summed E-state index contributed by atoms with van der Waals surface area (Å²) in [5.41, 5.74) is 5.10. The number of thiazole rings is 1. The van der Waals surface area contributed by atoms with Gasteiger partial charge in [0.25, 0.3) is 5.56 Å². The third-order valence-corrected chi connectivity index (χ3v) is 6.45. The maximum Gasteiger partial charge on any atom is 0.268 e. The molecule has 166 valence electrons. The summed E-state index contributed by atoms with van der Waals surface area (Å²) in [6, 6.07) is 10.1. The summed E-state index contributed by atoms with van der Waals surface area (Å²) in [5.74, 6) is -0.104. The van der Waals surface area contributed by atoms with Gasteiger partial charge in [0.2, 0.25) is 5.91 Å². The van der Waals surface area contributed by atoms with Crippen molar-refractivity contribution < 1.29 is 4.79 Å². The molecule has 0 fully saturated rings. The van der Waals surface area contributed by atoms with Gasteiger partial charge >= 0.3 is 0 Å². The molecular formula is C24H27N5O2S. The Morgan fingerprint density at radius 1 is 1.22 bits per heavy atom. The molecule has 0 aliphatic heterocycles. The van der Waals surface area contributed by atoms with E-state index in [1.54, 1.807) is 4.40 Å². The largest absolute Gasteiger partial charge is 0.353 e. The number of carbonyl (C=O) groups is 1. The number of hydrogen-bond acceptors (Lipinski definition) is 5. The molecule has 0 spiro atoms. The van der Waals surface area contributed by atoms with Crippen LogP contribution in [0.5, 0.6) is 0 Å². The van der Waals surface area contributed by atoms with E-state index in [2.05, 4.69) is 16.4 Å². The number of benzene rings is 1. The molecule has 0 aliphatic rings. The van der Waals surface area contributed by atoms with Gasteiger partial charge in [-0.1, -0.05) is 19.1 Å². The molecule has 1 N–H and O–H groups in total. The van der Waals surface area contributed by atoms with E-state index in [-0.39, 0.29) is 23.9 Å². The van der Waals surface area contributed by atoms with E-state index >= 15 is 0 Å². The zero-order valence-corrected chi connectivity index (χ0v) is 19.8. The lowest BCUT2D eigenvalue weighted by Crippen LogP contribution is -2.34.